The third-order valence-electron chi connectivity index (χ3n) is 2.82. The summed E-state index contributed by atoms with van der Waals surface area (Å²) in [6, 6.07) is 7.06. The molecule has 0 heterocycles. The van der Waals surface area contributed by atoms with Crippen LogP contribution in [0.25, 0.3) is 0 Å². The number of anilines is 2. The molecule has 1 rings (SSSR count). The van der Waals surface area contributed by atoms with Crippen molar-refractivity contribution >= 4 is 17.3 Å². The number of benzene rings is 1. The number of hydrogen-bond acceptors (Lipinski definition) is 3. The van der Waals surface area contributed by atoms with Crippen molar-refractivity contribution in [2.45, 2.75) is 39.0 Å². The Morgan fingerprint density at radius 3 is 2.53 bits per heavy atom. The van der Waals surface area contributed by atoms with Gasteiger partial charge >= 0.3 is 0 Å². The number of nitrogens with two attached hydrogens (primary N) is 1. The van der Waals surface area contributed by atoms with E-state index in [1.54, 1.807) is 24.3 Å². The number of rotatable bonds is 9. The highest BCUT2D eigenvalue weighted by Gasteiger charge is 2.02. The minimum atomic E-state index is -0.127. The molecule has 1 aromatic rings. The number of hydrogen-bond donors (Lipinski definition) is 2. The van der Waals surface area contributed by atoms with Crippen LogP contribution in [-0.4, -0.2) is 19.1 Å². The van der Waals surface area contributed by atoms with E-state index < -0.39 is 0 Å². The lowest BCUT2D eigenvalue weighted by Crippen LogP contribution is -2.18. The summed E-state index contributed by atoms with van der Waals surface area (Å²) in [6.45, 7) is 2.95. The zero-order valence-corrected chi connectivity index (χ0v) is 11.7. The van der Waals surface area contributed by atoms with Gasteiger partial charge in [-0.3, -0.25) is 4.79 Å². The van der Waals surface area contributed by atoms with Crippen molar-refractivity contribution < 1.29 is 9.53 Å². The van der Waals surface area contributed by atoms with Gasteiger partial charge in [0.25, 0.3) is 0 Å². The van der Waals surface area contributed by atoms with Gasteiger partial charge in [0.05, 0.1) is 0 Å². The van der Waals surface area contributed by atoms with E-state index in [0.717, 1.165) is 12.1 Å². The molecule has 0 saturated carbocycles. The van der Waals surface area contributed by atoms with Crippen LogP contribution in [0.15, 0.2) is 24.3 Å². The SMILES string of the molecule is CCCCCCCOCC(=O)Nc1ccc(N)cc1. The minimum absolute atomic E-state index is 0.109. The van der Waals surface area contributed by atoms with E-state index in [1.807, 2.05) is 0 Å². The highest BCUT2D eigenvalue weighted by Crippen LogP contribution is 2.10. The molecule has 0 radical (unpaired) electrons. The second-order valence-corrected chi connectivity index (χ2v) is 4.64. The van der Waals surface area contributed by atoms with Crippen molar-refractivity contribution in [2.24, 2.45) is 0 Å². The van der Waals surface area contributed by atoms with Crippen LogP contribution < -0.4 is 11.1 Å². The highest BCUT2D eigenvalue weighted by molar-refractivity contribution is 5.91. The van der Waals surface area contributed by atoms with Crippen molar-refractivity contribution in [1.82, 2.24) is 0 Å². The first-order chi connectivity index (χ1) is 9.22. The molecule has 0 fully saturated rings. The first-order valence-corrected chi connectivity index (χ1v) is 6.95. The maximum atomic E-state index is 11.6. The Morgan fingerprint density at radius 1 is 1.16 bits per heavy atom. The third-order valence-corrected chi connectivity index (χ3v) is 2.82. The zero-order valence-electron chi connectivity index (χ0n) is 11.7. The summed E-state index contributed by atoms with van der Waals surface area (Å²) in [4.78, 5) is 11.6. The standard InChI is InChI=1S/C15H24N2O2/c1-2-3-4-5-6-11-19-12-15(18)17-14-9-7-13(16)8-10-14/h7-10H,2-6,11-12,16H2,1H3,(H,17,18). The molecule has 1 amide bonds. The Hall–Kier alpha value is -1.55. The molecule has 0 aromatic heterocycles. The second kappa shape index (κ2) is 9.39. The first-order valence-electron chi connectivity index (χ1n) is 6.95. The summed E-state index contributed by atoms with van der Waals surface area (Å²) < 4.78 is 5.33. The molecule has 0 atom stereocenters. The fourth-order valence-electron chi connectivity index (χ4n) is 1.74. The van der Waals surface area contributed by atoms with Crippen molar-refractivity contribution in [3.05, 3.63) is 24.3 Å². The fraction of sp³-hybridized carbons (Fsp3) is 0.533. The van der Waals surface area contributed by atoms with E-state index in [1.165, 1.54) is 25.7 Å². The molecule has 0 aliphatic carbocycles. The van der Waals surface area contributed by atoms with Crippen LogP contribution in [0.3, 0.4) is 0 Å². The quantitative estimate of drug-likeness (QED) is 0.532. The summed E-state index contributed by atoms with van der Waals surface area (Å²) in [5.74, 6) is -0.127. The topological polar surface area (TPSA) is 64.3 Å². The van der Waals surface area contributed by atoms with Crippen LogP contribution in [-0.2, 0) is 9.53 Å². The molecule has 3 N–H and O–H groups in total. The number of amides is 1. The highest BCUT2D eigenvalue weighted by atomic mass is 16.5. The maximum Gasteiger partial charge on any atom is 0.250 e. The monoisotopic (exact) mass is 264 g/mol. The average Bonchev–Trinajstić information content (AvgIpc) is 2.40. The van der Waals surface area contributed by atoms with Gasteiger partial charge in [-0.15, -0.1) is 0 Å². The lowest BCUT2D eigenvalue weighted by molar-refractivity contribution is -0.120. The Morgan fingerprint density at radius 2 is 1.84 bits per heavy atom. The van der Waals surface area contributed by atoms with Crippen molar-refractivity contribution in [1.29, 1.82) is 0 Å². The molecular formula is C15H24N2O2. The number of unbranched alkanes of at least 4 members (excludes halogenated alkanes) is 4. The Kier molecular flexibility index (Phi) is 7.66. The molecule has 19 heavy (non-hydrogen) atoms. The normalized spacial score (nSPS) is 10.4. The van der Waals surface area contributed by atoms with Gasteiger partial charge in [-0.1, -0.05) is 32.6 Å². The molecule has 1 aromatic carbocycles. The van der Waals surface area contributed by atoms with Gasteiger partial charge in [0.15, 0.2) is 0 Å². The second-order valence-electron chi connectivity index (χ2n) is 4.64. The van der Waals surface area contributed by atoms with Crippen LogP contribution >= 0.6 is 0 Å². The van der Waals surface area contributed by atoms with Crippen LogP contribution in [0.1, 0.15) is 39.0 Å². The van der Waals surface area contributed by atoms with Gasteiger partial charge in [0.2, 0.25) is 5.91 Å². The van der Waals surface area contributed by atoms with Crippen molar-refractivity contribution in [3.8, 4) is 0 Å². The molecule has 4 heteroatoms. The van der Waals surface area contributed by atoms with Crippen LogP contribution in [0.4, 0.5) is 11.4 Å². The zero-order chi connectivity index (χ0) is 13.9. The molecule has 0 aliphatic rings. The van der Waals surface area contributed by atoms with Crippen LogP contribution in [0, 0.1) is 0 Å². The molecule has 0 unspecified atom stereocenters. The van der Waals surface area contributed by atoms with E-state index >= 15 is 0 Å². The number of ether oxygens (including phenoxy) is 1. The maximum absolute atomic E-state index is 11.6. The summed E-state index contributed by atoms with van der Waals surface area (Å²) >= 11 is 0. The molecule has 0 saturated heterocycles. The predicted octanol–water partition coefficient (Wildman–Crippen LogP) is 3.19. The summed E-state index contributed by atoms with van der Waals surface area (Å²) in [6.07, 6.45) is 5.96. The van der Waals surface area contributed by atoms with E-state index in [9.17, 15) is 4.79 Å². The van der Waals surface area contributed by atoms with Gasteiger partial charge in [-0.05, 0) is 30.7 Å². The number of carbonyl (C=O) groups is 1. The largest absolute Gasteiger partial charge is 0.399 e. The van der Waals surface area contributed by atoms with Gasteiger partial charge < -0.3 is 15.8 Å². The molecule has 0 spiro atoms. The summed E-state index contributed by atoms with van der Waals surface area (Å²) in [5, 5.41) is 2.76. The summed E-state index contributed by atoms with van der Waals surface area (Å²) in [5.41, 5.74) is 6.99. The molecular weight excluding hydrogens is 240 g/mol. The minimum Gasteiger partial charge on any atom is -0.399 e. The van der Waals surface area contributed by atoms with E-state index in [4.69, 9.17) is 10.5 Å². The average molecular weight is 264 g/mol. The lowest BCUT2D eigenvalue weighted by Gasteiger charge is -2.06. The third kappa shape index (κ3) is 7.47. The van der Waals surface area contributed by atoms with Gasteiger partial charge in [0, 0.05) is 18.0 Å². The number of carbonyl (C=O) groups excluding carboxylic acids is 1. The van der Waals surface area contributed by atoms with E-state index in [-0.39, 0.29) is 12.5 Å². The van der Waals surface area contributed by atoms with E-state index in [0.29, 0.717) is 12.3 Å². The Bertz CT molecular complexity index is 363. The van der Waals surface area contributed by atoms with Crippen molar-refractivity contribution in [2.75, 3.05) is 24.3 Å². The van der Waals surface area contributed by atoms with Crippen LogP contribution in [0.5, 0.6) is 0 Å². The van der Waals surface area contributed by atoms with Gasteiger partial charge in [0.1, 0.15) is 6.61 Å². The lowest BCUT2D eigenvalue weighted by atomic mass is 10.2. The molecule has 4 nitrogen and oxygen atoms in total. The fourth-order valence-corrected chi connectivity index (χ4v) is 1.74. The van der Waals surface area contributed by atoms with Gasteiger partial charge in [-0.2, -0.15) is 0 Å². The first kappa shape index (κ1) is 15.5. The van der Waals surface area contributed by atoms with Crippen LogP contribution in [0.2, 0.25) is 0 Å². The van der Waals surface area contributed by atoms with Gasteiger partial charge in [-0.25, -0.2) is 0 Å². The predicted molar refractivity (Wildman–Crippen MR) is 79.1 cm³/mol. The molecule has 0 aliphatic heterocycles. The Balaban J connectivity index is 2.06. The molecule has 106 valence electrons. The summed E-state index contributed by atoms with van der Waals surface area (Å²) in [7, 11) is 0. The molecule has 0 bridgehead atoms. The Labute approximate surface area is 115 Å². The number of nitrogen functional groups attached to an aromatic ring is 1. The van der Waals surface area contributed by atoms with Crippen molar-refractivity contribution in [3.63, 3.8) is 0 Å². The number of nitrogens with one attached hydrogen (secondary N) is 1. The van der Waals surface area contributed by atoms with E-state index in [2.05, 4.69) is 12.2 Å². The smallest absolute Gasteiger partial charge is 0.250 e.